The molecular formula is C26H32N4O2. The first-order chi connectivity index (χ1) is 15.3. The van der Waals surface area contributed by atoms with Gasteiger partial charge in [0.25, 0.3) is 0 Å². The van der Waals surface area contributed by atoms with Crippen molar-refractivity contribution in [3.05, 3.63) is 59.9 Å². The smallest absolute Gasteiger partial charge is 0.250 e. The number of nitrogens with two attached hydrogens (primary N) is 1. The number of hydrogen-bond acceptors (Lipinski definition) is 5. The van der Waals surface area contributed by atoms with Crippen LogP contribution in [0.15, 0.2) is 48.8 Å². The first-order valence-electron chi connectivity index (χ1n) is 11.3. The van der Waals surface area contributed by atoms with E-state index in [1.807, 2.05) is 12.1 Å². The van der Waals surface area contributed by atoms with Gasteiger partial charge in [0, 0.05) is 36.4 Å². The predicted molar refractivity (Wildman–Crippen MR) is 127 cm³/mol. The molecule has 0 spiro atoms. The van der Waals surface area contributed by atoms with Gasteiger partial charge in [0.1, 0.15) is 5.52 Å². The van der Waals surface area contributed by atoms with Crippen molar-refractivity contribution in [1.82, 2.24) is 15.3 Å². The SMILES string of the molecule is CC(C)(C)[C@H]1CC[C@@H](NCc2ccc(Oc3ccc(C(N)=O)cn3)c3ncccc23)CC1. The number of pyridine rings is 2. The minimum absolute atomic E-state index is 0.346. The van der Waals surface area contributed by atoms with E-state index in [0.29, 0.717) is 28.6 Å². The first kappa shape index (κ1) is 22.2. The van der Waals surface area contributed by atoms with Crippen molar-refractivity contribution < 1.29 is 9.53 Å². The number of carbonyl (C=O) groups excluding carboxylic acids is 1. The summed E-state index contributed by atoms with van der Waals surface area (Å²) in [6.07, 6.45) is 8.22. The normalized spacial score (nSPS) is 19.1. The first-order valence-corrected chi connectivity index (χ1v) is 11.3. The number of benzene rings is 1. The molecule has 2 aromatic heterocycles. The Kier molecular flexibility index (Phi) is 6.42. The number of hydrogen-bond donors (Lipinski definition) is 2. The average molecular weight is 433 g/mol. The zero-order valence-corrected chi connectivity index (χ0v) is 19.1. The molecule has 0 aliphatic heterocycles. The highest BCUT2D eigenvalue weighted by atomic mass is 16.5. The maximum absolute atomic E-state index is 11.2. The molecule has 6 nitrogen and oxygen atoms in total. The predicted octanol–water partition coefficient (Wildman–Crippen LogP) is 5.22. The zero-order chi connectivity index (χ0) is 22.7. The number of primary amides is 1. The number of nitrogens with one attached hydrogen (secondary N) is 1. The molecule has 1 fully saturated rings. The van der Waals surface area contributed by atoms with Gasteiger partial charge in [0.2, 0.25) is 11.8 Å². The van der Waals surface area contributed by atoms with Gasteiger partial charge in [0.05, 0.1) is 5.56 Å². The molecule has 4 rings (SSSR count). The van der Waals surface area contributed by atoms with Crippen molar-refractivity contribution in [1.29, 1.82) is 0 Å². The molecule has 0 radical (unpaired) electrons. The summed E-state index contributed by atoms with van der Waals surface area (Å²) in [6.45, 7) is 7.88. The number of ether oxygens (including phenoxy) is 1. The second-order valence-electron chi connectivity index (χ2n) is 9.77. The highest BCUT2D eigenvalue weighted by Crippen LogP contribution is 2.38. The fourth-order valence-electron chi connectivity index (χ4n) is 4.56. The number of aromatic nitrogens is 2. The third-order valence-electron chi connectivity index (χ3n) is 6.59. The van der Waals surface area contributed by atoms with Crippen LogP contribution in [0.5, 0.6) is 11.6 Å². The summed E-state index contributed by atoms with van der Waals surface area (Å²) < 4.78 is 5.97. The van der Waals surface area contributed by atoms with E-state index < -0.39 is 5.91 Å². The Morgan fingerprint density at radius 2 is 1.88 bits per heavy atom. The minimum Gasteiger partial charge on any atom is -0.437 e. The van der Waals surface area contributed by atoms with Gasteiger partial charge in [-0.1, -0.05) is 32.9 Å². The van der Waals surface area contributed by atoms with E-state index in [-0.39, 0.29) is 0 Å². The highest BCUT2D eigenvalue weighted by Gasteiger charge is 2.29. The Labute approximate surface area is 189 Å². The van der Waals surface area contributed by atoms with Crippen LogP contribution in [-0.4, -0.2) is 21.9 Å². The van der Waals surface area contributed by atoms with Crippen molar-refractivity contribution >= 4 is 16.8 Å². The fraction of sp³-hybridized carbons (Fsp3) is 0.423. The van der Waals surface area contributed by atoms with Crippen LogP contribution in [0.25, 0.3) is 10.9 Å². The molecule has 0 atom stereocenters. The third-order valence-corrected chi connectivity index (χ3v) is 6.59. The average Bonchev–Trinajstić information content (AvgIpc) is 2.78. The van der Waals surface area contributed by atoms with Crippen LogP contribution in [0.1, 0.15) is 62.4 Å². The lowest BCUT2D eigenvalue weighted by molar-refractivity contribution is 0.1000. The molecule has 0 saturated heterocycles. The quantitative estimate of drug-likeness (QED) is 0.558. The number of carbonyl (C=O) groups is 1. The van der Waals surface area contributed by atoms with Crippen molar-refractivity contribution in [2.75, 3.05) is 0 Å². The maximum atomic E-state index is 11.2. The highest BCUT2D eigenvalue weighted by molar-refractivity contribution is 5.92. The number of nitrogens with zero attached hydrogens (tertiary/aromatic N) is 2. The summed E-state index contributed by atoms with van der Waals surface area (Å²) in [5.74, 6) is 1.32. The number of rotatable bonds is 6. The topological polar surface area (TPSA) is 90.1 Å². The van der Waals surface area contributed by atoms with Crippen molar-refractivity contribution in [3.8, 4) is 11.6 Å². The molecule has 168 valence electrons. The summed E-state index contributed by atoms with van der Waals surface area (Å²) in [5.41, 5.74) is 8.03. The van der Waals surface area contributed by atoms with Crippen molar-refractivity contribution in [2.24, 2.45) is 17.1 Å². The molecule has 1 aliphatic carbocycles. The second-order valence-corrected chi connectivity index (χ2v) is 9.77. The molecule has 1 aromatic carbocycles. The van der Waals surface area contributed by atoms with Crippen LogP contribution >= 0.6 is 0 Å². The molecule has 0 unspecified atom stereocenters. The van der Waals surface area contributed by atoms with Crippen LogP contribution in [0.2, 0.25) is 0 Å². The lowest BCUT2D eigenvalue weighted by atomic mass is 9.71. The molecule has 1 amide bonds. The monoisotopic (exact) mass is 432 g/mol. The molecule has 32 heavy (non-hydrogen) atoms. The Morgan fingerprint density at radius 3 is 2.53 bits per heavy atom. The summed E-state index contributed by atoms with van der Waals surface area (Å²) in [7, 11) is 0. The number of amides is 1. The number of fused-ring (bicyclic) bond motifs is 1. The van der Waals surface area contributed by atoms with Crippen LogP contribution < -0.4 is 15.8 Å². The molecule has 2 heterocycles. The fourth-order valence-corrected chi connectivity index (χ4v) is 4.56. The molecule has 6 heteroatoms. The van der Waals surface area contributed by atoms with Crippen molar-refractivity contribution in [2.45, 2.75) is 59.0 Å². The Hall–Kier alpha value is -2.99. The van der Waals surface area contributed by atoms with Gasteiger partial charge in [-0.25, -0.2) is 4.98 Å². The van der Waals surface area contributed by atoms with Crippen LogP contribution in [0, 0.1) is 11.3 Å². The maximum Gasteiger partial charge on any atom is 0.250 e. The molecule has 0 bridgehead atoms. The summed E-state index contributed by atoms with van der Waals surface area (Å²) in [6, 6.07) is 11.9. The lowest BCUT2D eigenvalue weighted by Crippen LogP contribution is -2.35. The van der Waals surface area contributed by atoms with E-state index in [4.69, 9.17) is 10.5 Å². The Bertz CT molecular complexity index is 1080. The Balaban J connectivity index is 1.46. The molecule has 3 aromatic rings. The molecule has 1 saturated carbocycles. The second kappa shape index (κ2) is 9.25. The van der Waals surface area contributed by atoms with Crippen molar-refractivity contribution in [3.63, 3.8) is 0 Å². The van der Waals surface area contributed by atoms with Gasteiger partial charge in [0.15, 0.2) is 5.75 Å². The molecule has 3 N–H and O–H groups in total. The molecule has 1 aliphatic rings. The van der Waals surface area contributed by atoms with Gasteiger partial charge in [-0.3, -0.25) is 9.78 Å². The van der Waals surface area contributed by atoms with E-state index in [1.165, 1.54) is 37.4 Å². The Morgan fingerprint density at radius 1 is 1.09 bits per heavy atom. The van der Waals surface area contributed by atoms with Gasteiger partial charge < -0.3 is 15.8 Å². The van der Waals surface area contributed by atoms with Gasteiger partial charge in [-0.15, -0.1) is 0 Å². The summed E-state index contributed by atoms with van der Waals surface area (Å²) in [4.78, 5) is 20.0. The van der Waals surface area contributed by atoms with E-state index in [1.54, 1.807) is 18.3 Å². The van der Waals surface area contributed by atoms with Gasteiger partial charge in [-0.05, 0) is 60.8 Å². The van der Waals surface area contributed by atoms with Gasteiger partial charge in [-0.2, -0.15) is 0 Å². The zero-order valence-electron chi connectivity index (χ0n) is 19.1. The van der Waals surface area contributed by atoms with E-state index in [2.05, 4.69) is 48.2 Å². The van der Waals surface area contributed by atoms with E-state index in [0.717, 1.165) is 23.4 Å². The standard InChI is InChI=1S/C26H32N4O2/c1-26(2,3)19-8-10-20(11-9-19)29-15-17-6-12-22(24-21(17)5-4-14-28-24)32-23-13-7-18(16-30-23)25(27)31/h4-7,12-14,16,19-20,29H,8-11,15H2,1-3H3,(H2,27,31)/t19-,20+. The van der Waals surface area contributed by atoms with Crippen LogP contribution in [0.4, 0.5) is 0 Å². The molecular weight excluding hydrogens is 400 g/mol. The van der Waals surface area contributed by atoms with Gasteiger partial charge >= 0.3 is 0 Å². The summed E-state index contributed by atoms with van der Waals surface area (Å²) >= 11 is 0. The largest absolute Gasteiger partial charge is 0.437 e. The van der Waals surface area contributed by atoms with Crippen LogP contribution in [0.3, 0.4) is 0 Å². The third kappa shape index (κ3) is 5.07. The lowest BCUT2D eigenvalue weighted by Gasteiger charge is -2.37. The minimum atomic E-state index is -0.514. The van der Waals surface area contributed by atoms with Crippen LogP contribution in [-0.2, 0) is 6.54 Å². The summed E-state index contributed by atoms with van der Waals surface area (Å²) in [5, 5.41) is 4.83. The van der Waals surface area contributed by atoms with E-state index >= 15 is 0 Å². The van der Waals surface area contributed by atoms with E-state index in [9.17, 15) is 4.79 Å².